The molecule has 0 unspecified atom stereocenters. The first-order valence-corrected chi connectivity index (χ1v) is 11.5. The third-order valence-corrected chi connectivity index (χ3v) is 5.80. The Balaban J connectivity index is 2.34. The van der Waals surface area contributed by atoms with Gasteiger partial charge in [-0.25, -0.2) is 8.78 Å². The number of nitrogens with one attached hydrogen (secondary N) is 3. The van der Waals surface area contributed by atoms with Gasteiger partial charge in [0, 0.05) is 15.9 Å². The molecule has 2 aromatic carbocycles. The van der Waals surface area contributed by atoms with Crippen LogP contribution < -0.4 is 14.8 Å². The van der Waals surface area contributed by atoms with E-state index in [1.54, 1.807) is 18.2 Å². The summed E-state index contributed by atoms with van der Waals surface area (Å²) < 4.78 is 57.5. The molecule has 0 atom stereocenters. The number of anilines is 3. The number of hydrogen-bond acceptors (Lipinski definition) is 4. The smallest absolute Gasteiger partial charge is 0.299 e. The summed E-state index contributed by atoms with van der Waals surface area (Å²) in [5, 5.41) is 2.94. The standard InChI is InChI=1S/C15H15ClF2IN3O2S2/c1-25-7-6-20-26(23,24)22-13-5-3-11(17)14(18)15(13)21-12-4-2-9(19)8-10(12)16/h2-5,8,20-22H,6-7H2,1H3. The van der Waals surface area contributed by atoms with Gasteiger partial charge in [0.15, 0.2) is 11.6 Å². The second-order valence-electron chi connectivity index (χ2n) is 5.03. The summed E-state index contributed by atoms with van der Waals surface area (Å²) in [4.78, 5) is 0. The normalized spacial score (nSPS) is 11.4. The molecular formula is C15H15ClF2IN3O2S2. The summed E-state index contributed by atoms with van der Waals surface area (Å²) in [6, 6.07) is 6.92. The van der Waals surface area contributed by atoms with E-state index in [0.717, 1.165) is 15.7 Å². The van der Waals surface area contributed by atoms with Gasteiger partial charge in [-0.2, -0.15) is 24.9 Å². The van der Waals surface area contributed by atoms with Crippen LogP contribution in [0, 0.1) is 15.2 Å². The molecule has 142 valence electrons. The van der Waals surface area contributed by atoms with E-state index in [4.69, 9.17) is 11.6 Å². The van der Waals surface area contributed by atoms with Crippen LogP contribution >= 0.6 is 46.0 Å². The molecule has 3 N–H and O–H groups in total. The molecule has 11 heteroatoms. The molecule has 0 aliphatic rings. The fourth-order valence-electron chi connectivity index (χ4n) is 1.94. The van der Waals surface area contributed by atoms with Gasteiger partial charge in [-0.15, -0.1) is 0 Å². The summed E-state index contributed by atoms with van der Waals surface area (Å²) in [6.45, 7) is 0.200. The first-order chi connectivity index (χ1) is 12.2. The molecule has 26 heavy (non-hydrogen) atoms. The van der Waals surface area contributed by atoms with Crippen molar-refractivity contribution in [3.8, 4) is 0 Å². The first-order valence-electron chi connectivity index (χ1n) is 7.20. The molecule has 0 aliphatic carbocycles. The fraction of sp³-hybridized carbons (Fsp3) is 0.200. The van der Waals surface area contributed by atoms with Gasteiger partial charge in [-0.05, 0) is 59.2 Å². The summed E-state index contributed by atoms with van der Waals surface area (Å²) in [5.41, 5.74) is -0.189. The monoisotopic (exact) mass is 533 g/mol. The summed E-state index contributed by atoms with van der Waals surface area (Å²) >= 11 is 9.63. The van der Waals surface area contributed by atoms with Crippen molar-refractivity contribution < 1.29 is 17.2 Å². The molecule has 5 nitrogen and oxygen atoms in total. The van der Waals surface area contributed by atoms with Gasteiger partial charge in [-0.3, -0.25) is 4.72 Å². The summed E-state index contributed by atoms with van der Waals surface area (Å²) in [6.07, 6.45) is 1.84. The molecule has 0 fully saturated rings. The summed E-state index contributed by atoms with van der Waals surface area (Å²) in [5.74, 6) is -1.77. The van der Waals surface area contributed by atoms with Crippen LogP contribution in [-0.2, 0) is 10.2 Å². The van der Waals surface area contributed by atoms with Crippen LogP contribution in [0.5, 0.6) is 0 Å². The largest absolute Gasteiger partial charge is 0.350 e. The van der Waals surface area contributed by atoms with Gasteiger partial charge >= 0.3 is 0 Å². The Labute approximate surface area is 173 Å². The predicted octanol–water partition coefficient (Wildman–Crippen LogP) is 4.58. The van der Waals surface area contributed by atoms with Crippen LogP contribution in [0.4, 0.5) is 25.8 Å². The lowest BCUT2D eigenvalue weighted by Crippen LogP contribution is -2.32. The maximum Gasteiger partial charge on any atom is 0.299 e. The van der Waals surface area contributed by atoms with E-state index >= 15 is 0 Å². The minimum Gasteiger partial charge on any atom is -0.350 e. The molecule has 0 saturated carbocycles. The van der Waals surface area contributed by atoms with Gasteiger partial charge in [0.25, 0.3) is 10.2 Å². The lowest BCUT2D eigenvalue weighted by atomic mass is 10.2. The molecule has 0 heterocycles. The Hall–Kier alpha value is -0.820. The van der Waals surface area contributed by atoms with E-state index < -0.39 is 21.8 Å². The van der Waals surface area contributed by atoms with E-state index in [-0.39, 0.29) is 22.9 Å². The van der Waals surface area contributed by atoms with Crippen molar-refractivity contribution in [3.63, 3.8) is 0 Å². The second-order valence-corrected chi connectivity index (χ2v) is 9.16. The van der Waals surface area contributed by atoms with Crippen molar-refractivity contribution in [2.75, 3.05) is 28.6 Å². The van der Waals surface area contributed by atoms with Gasteiger partial charge in [-0.1, -0.05) is 11.6 Å². The number of rotatable bonds is 8. The van der Waals surface area contributed by atoms with Crippen LogP contribution in [0.2, 0.25) is 5.02 Å². The Morgan fingerprint density at radius 1 is 1.19 bits per heavy atom. The summed E-state index contributed by atoms with van der Waals surface area (Å²) in [7, 11) is -3.94. The molecule has 0 amide bonds. The van der Waals surface area contributed by atoms with E-state index in [9.17, 15) is 17.2 Å². The van der Waals surface area contributed by atoms with Crippen molar-refractivity contribution in [1.82, 2.24) is 4.72 Å². The van der Waals surface area contributed by atoms with Gasteiger partial charge in [0.05, 0.1) is 16.4 Å². The highest BCUT2D eigenvalue weighted by atomic mass is 127. The highest BCUT2D eigenvalue weighted by molar-refractivity contribution is 14.1. The van der Waals surface area contributed by atoms with Crippen LogP contribution in [0.25, 0.3) is 0 Å². The number of halogens is 4. The van der Waals surface area contributed by atoms with Crippen molar-refractivity contribution in [2.24, 2.45) is 0 Å². The van der Waals surface area contributed by atoms with Gasteiger partial charge < -0.3 is 5.32 Å². The topological polar surface area (TPSA) is 70.2 Å². The maximum absolute atomic E-state index is 14.3. The molecule has 2 aromatic rings. The minimum absolute atomic E-state index is 0.143. The lowest BCUT2D eigenvalue weighted by Gasteiger charge is -2.16. The zero-order chi connectivity index (χ0) is 19.3. The average molecular weight is 534 g/mol. The molecule has 0 bridgehead atoms. The molecule has 0 radical (unpaired) electrons. The van der Waals surface area contributed by atoms with E-state index in [2.05, 4.69) is 37.4 Å². The van der Waals surface area contributed by atoms with E-state index in [1.165, 1.54) is 11.8 Å². The molecule has 0 saturated heterocycles. The van der Waals surface area contributed by atoms with Gasteiger partial charge in [0.1, 0.15) is 5.69 Å². The molecule has 0 aromatic heterocycles. The number of benzene rings is 2. The molecule has 0 aliphatic heterocycles. The minimum atomic E-state index is -3.94. The second kappa shape index (κ2) is 9.40. The Bertz CT molecular complexity index is 901. The van der Waals surface area contributed by atoms with E-state index in [0.29, 0.717) is 11.4 Å². The van der Waals surface area contributed by atoms with Crippen molar-refractivity contribution in [1.29, 1.82) is 0 Å². The SMILES string of the molecule is CSCCNS(=O)(=O)Nc1ccc(F)c(F)c1Nc1ccc(I)cc1Cl. The van der Waals surface area contributed by atoms with Crippen LogP contribution in [0.15, 0.2) is 30.3 Å². The fourth-order valence-corrected chi connectivity index (χ4v) is 4.18. The highest BCUT2D eigenvalue weighted by Gasteiger charge is 2.19. The van der Waals surface area contributed by atoms with Crippen LogP contribution in [0.3, 0.4) is 0 Å². The Morgan fingerprint density at radius 3 is 2.54 bits per heavy atom. The van der Waals surface area contributed by atoms with Gasteiger partial charge in [0.2, 0.25) is 0 Å². The molecule has 0 spiro atoms. The average Bonchev–Trinajstić information content (AvgIpc) is 2.56. The van der Waals surface area contributed by atoms with E-state index in [1.807, 2.05) is 6.26 Å². The van der Waals surface area contributed by atoms with Crippen LogP contribution in [-0.4, -0.2) is 27.0 Å². The zero-order valence-electron chi connectivity index (χ0n) is 13.4. The van der Waals surface area contributed by atoms with Crippen LogP contribution in [0.1, 0.15) is 0 Å². The Kier molecular flexibility index (Phi) is 7.76. The maximum atomic E-state index is 14.3. The zero-order valence-corrected chi connectivity index (χ0v) is 18.0. The lowest BCUT2D eigenvalue weighted by molar-refractivity contribution is 0.512. The predicted molar refractivity (Wildman–Crippen MR) is 113 cm³/mol. The molecule has 2 rings (SSSR count). The number of hydrogen-bond donors (Lipinski definition) is 3. The third-order valence-electron chi connectivity index (χ3n) is 3.13. The third kappa shape index (κ3) is 5.84. The van der Waals surface area contributed by atoms with Crippen molar-refractivity contribution in [3.05, 3.63) is 50.6 Å². The molecular weight excluding hydrogens is 519 g/mol. The Morgan fingerprint density at radius 2 is 1.88 bits per heavy atom. The van der Waals surface area contributed by atoms with Crippen molar-refractivity contribution in [2.45, 2.75) is 0 Å². The highest BCUT2D eigenvalue weighted by Crippen LogP contribution is 2.34. The van der Waals surface area contributed by atoms with Crippen molar-refractivity contribution >= 4 is 73.2 Å². The number of thioether (sulfide) groups is 1. The first kappa shape index (κ1) is 21.5. The quantitative estimate of drug-likeness (QED) is 0.343.